The fourth-order valence-corrected chi connectivity index (χ4v) is 3.30. The molecule has 3 aromatic rings. The molecule has 0 atom stereocenters. The van der Waals surface area contributed by atoms with E-state index < -0.39 is 5.82 Å². The maximum atomic E-state index is 13.3. The van der Waals surface area contributed by atoms with Crippen molar-refractivity contribution in [3.05, 3.63) is 75.6 Å². The minimum absolute atomic E-state index is 0.0543. The van der Waals surface area contributed by atoms with Crippen molar-refractivity contribution in [2.24, 2.45) is 0 Å². The van der Waals surface area contributed by atoms with E-state index in [1.54, 1.807) is 23.7 Å². The molecule has 1 aromatic carbocycles. The predicted octanol–water partition coefficient (Wildman–Crippen LogP) is 5.53. The zero-order chi connectivity index (χ0) is 16.9. The Morgan fingerprint density at radius 3 is 2.79 bits per heavy atom. The molecule has 0 bridgehead atoms. The number of thiophene rings is 1. The Hall–Kier alpha value is -1.89. The number of furan rings is 1. The molecule has 0 radical (unpaired) electrons. The normalized spacial score (nSPS) is 10.6. The Balaban J connectivity index is 1.75. The lowest BCUT2D eigenvalue weighted by molar-refractivity contribution is 0.362. The van der Waals surface area contributed by atoms with Crippen molar-refractivity contribution in [1.29, 1.82) is 0 Å². The zero-order valence-corrected chi connectivity index (χ0v) is 14.9. The number of hydrogen-bond acceptors (Lipinski definition) is 3. The predicted molar refractivity (Wildman–Crippen MR) is 99.9 cm³/mol. The van der Waals surface area contributed by atoms with Crippen molar-refractivity contribution in [2.45, 2.75) is 13.1 Å². The van der Waals surface area contributed by atoms with E-state index in [1.165, 1.54) is 17.0 Å². The zero-order valence-electron chi connectivity index (χ0n) is 12.5. The van der Waals surface area contributed by atoms with Gasteiger partial charge in [-0.25, -0.2) is 4.39 Å². The third-order valence-electron chi connectivity index (χ3n) is 3.31. The van der Waals surface area contributed by atoms with E-state index in [1.807, 2.05) is 28.5 Å². The topological polar surface area (TPSA) is 28.4 Å². The summed E-state index contributed by atoms with van der Waals surface area (Å²) >= 11 is 13.0. The fraction of sp³-hybridized carbons (Fsp3) is 0.118. The summed E-state index contributed by atoms with van der Waals surface area (Å²) in [6, 6.07) is 12.2. The maximum Gasteiger partial charge on any atom is 0.174 e. The Kier molecular flexibility index (Phi) is 5.50. The third-order valence-corrected chi connectivity index (χ3v) is 4.82. The molecule has 0 fully saturated rings. The SMILES string of the molecule is Fc1ccc(NC(=S)N(Cc2ccco2)Cc2cccs2)cc1Cl. The molecule has 2 heterocycles. The van der Waals surface area contributed by atoms with Crippen molar-refractivity contribution in [2.75, 3.05) is 5.32 Å². The molecule has 2 aromatic heterocycles. The van der Waals surface area contributed by atoms with E-state index in [2.05, 4.69) is 11.4 Å². The molecule has 3 rings (SSSR count). The summed E-state index contributed by atoms with van der Waals surface area (Å²) in [6.07, 6.45) is 1.63. The molecular weight excluding hydrogens is 367 g/mol. The van der Waals surface area contributed by atoms with Crippen molar-refractivity contribution in [3.8, 4) is 0 Å². The summed E-state index contributed by atoms with van der Waals surface area (Å²) in [5.74, 6) is 0.354. The standard InChI is InChI=1S/C17H14ClFN2OS2/c18-15-9-12(5-6-16(15)19)20-17(23)21(10-13-3-1-7-22-13)11-14-4-2-8-24-14/h1-9H,10-11H2,(H,20,23). The van der Waals surface area contributed by atoms with Gasteiger partial charge in [0.05, 0.1) is 24.4 Å². The van der Waals surface area contributed by atoms with Crippen LogP contribution in [0.15, 0.2) is 58.5 Å². The molecule has 0 aliphatic rings. The maximum absolute atomic E-state index is 13.3. The van der Waals surface area contributed by atoms with Gasteiger partial charge in [-0.05, 0) is 54.0 Å². The number of nitrogens with zero attached hydrogens (tertiary/aromatic N) is 1. The van der Waals surface area contributed by atoms with Gasteiger partial charge >= 0.3 is 0 Å². The highest BCUT2D eigenvalue weighted by molar-refractivity contribution is 7.80. The first-order chi connectivity index (χ1) is 11.6. The van der Waals surface area contributed by atoms with Gasteiger partial charge in [-0.1, -0.05) is 17.7 Å². The molecule has 0 aliphatic carbocycles. The number of rotatable bonds is 5. The van der Waals surface area contributed by atoms with Gasteiger partial charge in [-0.3, -0.25) is 0 Å². The molecule has 7 heteroatoms. The summed E-state index contributed by atoms with van der Waals surface area (Å²) in [7, 11) is 0. The summed E-state index contributed by atoms with van der Waals surface area (Å²) in [4.78, 5) is 3.17. The Labute approximate surface area is 153 Å². The van der Waals surface area contributed by atoms with Crippen molar-refractivity contribution in [1.82, 2.24) is 4.90 Å². The number of benzene rings is 1. The number of hydrogen-bond donors (Lipinski definition) is 1. The molecule has 0 saturated carbocycles. The number of anilines is 1. The molecule has 3 nitrogen and oxygen atoms in total. The van der Waals surface area contributed by atoms with E-state index in [0.717, 1.165) is 5.76 Å². The first-order valence-corrected chi connectivity index (χ1v) is 8.84. The molecule has 0 spiro atoms. The van der Waals surface area contributed by atoms with E-state index >= 15 is 0 Å². The lowest BCUT2D eigenvalue weighted by Gasteiger charge is -2.24. The first-order valence-electron chi connectivity index (χ1n) is 7.17. The molecule has 0 aliphatic heterocycles. The average Bonchev–Trinajstić information content (AvgIpc) is 3.24. The minimum Gasteiger partial charge on any atom is -0.467 e. The Morgan fingerprint density at radius 1 is 1.25 bits per heavy atom. The van der Waals surface area contributed by atoms with Crippen LogP contribution in [0.1, 0.15) is 10.6 Å². The second-order valence-electron chi connectivity index (χ2n) is 5.07. The number of halogens is 2. The highest BCUT2D eigenvalue weighted by Crippen LogP contribution is 2.21. The molecular formula is C17H14ClFN2OS2. The largest absolute Gasteiger partial charge is 0.467 e. The summed E-state index contributed by atoms with van der Waals surface area (Å²) in [6.45, 7) is 1.19. The van der Waals surface area contributed by atoms with Crippen LogP contribution < -0.4 is 5.32 Å². The number of thiocarbonyl (C=S) groups is 1. The molecule has 24 heavy (non-hydrogen) atoms. The van der Waals surface area contributed by atoms with Gasteiger partial charge in [0.2, 0.25) is 0 Å². The lowest BCUT2D eigenvalue weighted by atomic mass is 10.3. The van der Waals surface area contributed by atoms with E-state index in [4.69, 9.17) is 28.2 Å². The van der Waals surface area contributed by atoms with Crippen LogP contribution in [0.4, 0.5) is 10.1 Å². The highest BCUT2D eigenvalue weighted by atomic mass is 35.5. The van der Waals surface area contributed by atoms with Crippen LogP contribution in [-0.4, -0.2) is 10.0 Å². The van der Waals surface area contributed by atoms with E-state index in [0.29, 0.717) is 23.9 Å². The Morgan fingerprint density at radius 2 is 2.12 bits per heavy atom. The van der Waals surface area contributed by atoms with Crippen LogP contribution >= 0.6 is 35.2 Å². The van der Waals surface area contributed by atoms with Gasteiger partial charge < -0.3 is 14.6 Å². The van der Waals surface area contributed by atoms with Gasteiger partial charge in [0.15, 0.2) is 5.11 Å². The minimum atomic E-state index is -0.459. The van der Waals surface area contributed by atoms with Gasteiger partial charge in [-0.2, -0.15) is 0 Å². The van der Waals surface area contributed by atoms with Crippen LogP contribution in [0.5, 0.6) is 0 Å². The summed E-state index contributed by atoms with van der Waals surface area (Å²) < 4.78 is 18.7. The average molecular weight is 381 g/mol. The summed E-state index contributed by atoms with van der Waals surface area (Å²) in [5.41, 5.74) is 0.641. The third kappa shape index (κ3) is 4.35. The van der Waals surface area contributed by atoms with E-state index in [-0.39, 0.29) is 5.02 Å². The van der Waals surface area contributed by atoms with Crippen LogP contribution in [0.2, 0.25) is 5.02 Å². The van der Waals surface area contributed by atoms with Crippen molar-refractivity contribution >= 4 is 46.0 Å². The second kappa shape index (κ2) is 7.79. The quantitative estimate of drug-likeness (QED) is 0.589. The Bertz CT molecular complexity index is 770. The molecule has 1 N–H and O–H groups in total. The molecule has 0 amide bonds. The monoisotopic (exact) mass is 380 g/mol. The van der Waals surface area contributed by atoms with Gasteiger partial charge in [0, 0.05) is 10.6 Å². The van der Waals surface area contributed by atoms with E-state index in [9.17, 15) is 4.39 Å². The highest BCUT2D eigenvalue weighted by Gasteiger charge is 2.14. The second-order valence-corrected chi connectivity index (χ2v) is 6.90. The lowest BCUT2D eigenvalue weighted by Crippen LogP contribution is -2.33. The molecule has 0 saturated heterocycles. The van der Waals surface area contributed by atoms with Crippen molar-refractivity contribution in [3.63, 3.8) is 0 Å². The molecule has 124 valence electrons. The smallest absolute Gasteiger partial charge is 0.174 e. The van der Waals surface area contributed by atoms with Gasteiger partial charge in [0.1, 0.15) is 11.6 Å². The fourth-order valence-electron chi connectivity index (χ4n) is 2.16. The number of nitrogens with one attached hydrogen (secondary N) is 1. The van der Waals surface area contributed by atoms with Crippen LogP contribution in [0.25, 0.3) is 0 Å². The van der Waals surface area contributed by atoms with Crippen LogP contribution in [-0.2, 0) is 13.1 Å². The van der Waals surface area contributed by atoms with Crippen molar-refractivity contribution < 1.29 is 8.81 Å². The van der Waals surface area contributed by atoms with Gasteiger partial charge in [-0.15, -0.1) is 11.3 Å². The van der Waals surface area contributed by atoms with Crippen LogP contribution in [0, 0.1) is 5.82 Å². The van der Waals surface area contributed by atoms with Crippen LogP contribution in [0.3, 0.4) is 0 Å². The van der Waals surface area contributed by atoms with Gasteiger partial charge in [0.25, 0.3) is 0 Å². The molecule has 0 unspecified atom stereocenters. The summed E-state index contributed by atoms with van der Waals surface area (Å²) in [5, 5.41) is 5.70. The first kappa shape index (κ1) is 17.0.